The van der Waals surface area contributed by atoms with E-state index in [2.05, 4.69) is 15.3 Å². The van der Waals surface area contributed by atoms with Crippen molar-refractivity contribution >= 4 is 17.3 Å². The summed E-state index contributed by atoms with van der Waals surface area (Å²) >= 11 is 5.80. The summed E-state index contributed by atoms with van der Waals surface area (Å²) in [4.78, 5) is 7.97. The van der Waals surface area contributed by atoms with Crippen LogP contribution in [0.3, 0.4) is 0 Å². The number of hydrogen-bond donors (Lipinski definition) is 1. The van der Waals surface area contributed by atoms with Crippen LogP contribution in [0.4, 0.5) is 18.9 Å². The van der Waals surface area contributed by atoms with E-state index < -0.39 is 11.7 Å². The number of alkyl halides is 3. The fourth-order valence-corrected chi connectivity index (χ4v) is 1.68. The second-order valence-electron chi connectivity index (χ2n) is 3.71. The Kier molecular flexibility index (Phi) is 3.90. The third-order valence-electron chi connectivity index (χ3n) is 2.35. The van der Waals surface area contributed by atoms with Gasteiger partial charge in [-0.3, -0.25) is 0 Å². The molecule has 0 radical (unpaired) electrons. The van der Waals surface area contributed by atoms with E-state index >= 15 is 0 Å². The fraction of sp³-hybridized carbons (Fsp3) is 0.167. The van der Waals surface area contributed by atoms with Crippen molar-refractivity contribution in [1.82, 2.24) is 9.97 Å². The Morgan fingerprint density at radius 3 is 2.42 bits per heavy atom. The SMILES string of the molecule is FC(F)(F)c1ccc(NCc2ncccn2)c(Cl)c1. The van der Waals surface area contributed by atoms with Crippen LogP contribution in [0.5, 0.6) is 0 Å². The number of nitrogens with one attached hydrogen (secondary N) is 1. The first-order valence-corrected chi connectivity index (χ1v) is 5.71. The van der Waals surface area contributed by atoms with Crippen molar-refractivity contribution in [3.63, 3.8) is 0 Å². The quantitative estimate of drug-likeness (QED) is 0.934. The maximum atomic E-state index is 12.5. The van der Waals surface area contributed by atoms with Crippen LogP contribution in [0.2, 0.25) is 5.02 Å². The van der Waals surface area contributed by atoms with Crippen molar-refractivity contribution < 1.29 is 13.2 Å². The average Bonchev–Trinajstić information content (AvgIpc) is 2.37. The van der Waals surface area contributed by atoms with Crippen molar-refractivity contribution in [2.24, 2.45) is 0 Å². The summed E-state index contributed by atoms with van der Waals surface area (Å²) in [5.74, 6) is 0.526. The molecule has 19 heavy (non-hydrogen) atoms. The molecule has 0 spiro atoms. The Bertz CT molecular complexity index is 558. The molecule has 1 heterocycles. The van der Waals surface area contributed by atoms with Gasteiger partial charge in [0.1, 0.15) is 5.82 Å². The number of anilines is 1. The molecule has 100 valence electrons. The number of halogens is 4. The number of benzene rings is 1. The van der Waals surface area contributed by atoms with E-state index in [0.29, 0.717) is 11.5 Å². The minimum atomic E-state index is -4.40. The van der Waals surface area contributed by atoms with E-state index in [9.17, 15) is 13.2 Å². The summed E-state index contributed by atoms with van der Waals surface area (Å²) < 4.78 is 37.4. The van der Waals surface area contributed by atoms with Gasteiger partial charge >= 0.3 is 6.18 Å². The Hall–Kier alpha value is -1.82. The fourth-order valence-electron chi connectivity index (χ4n) is 1.43. The van der Waals surface area contributed by atoms with Crippen molar-refractivity contribution in [3.05, 3.63) is 53.1 Å². The lowest BCUT2D eigenvalue weighted by molar-refractivity contribution is -0.137. The van der Waals surface area contributed by atoms with E-state index in [1.165, 1.54) is 6.07 Å². The summed E-state index contributed by atoms with van der Waals surface area (Å²) in [6.07, 6.45) is -1.23. The van der Waals surface area contributed by atoms with E-state index in [-0.39, 0.29) is 11.6 Å². The summed E-state index contributed by atoms with van der Waals surface area (Å²) in [6.45, 7) is 0.284. The average molecular weight is 288 g/mol. The lowest BCUT2D eigenvalue weighted by Gasteiger charge is -2.11. The molecule has 7 heteroatoms. The van der Waals surface area contributed by atoms with Gasteiger partial charge in [0.25, 0.3) is 0 Å². The molecule has 0 amide bonds. The summed E-state index contributed by atoms with van der Waals surface area (Å²) in [5.41, 5.74) is -0.374. The van der Waals surface area contributed by atoms with Gasteiger partial charge in [0.15, 0.2) is 0 Å². The third kappa shape index (κ3) is 3.57. The highest BCUT2D eigenvalue weighted by Gasteiger charge is 2.30. The Labute approximate surface area is 112 Å². The molecule has 0 aliphatic heterocycles. The van der Waals surface area contributed by atoms with E-state index in [1.54, 1.807) is 18.5 Å². The van der Waals surface area contributed by atoms with Crippen LogP contribution in [0, 0.1) is 0 Å². The van der Waals surface area contributed by atoms with Crippen LogP contribution >= 0.6 is 11.6 Å². The lowest BCUT2D eigenvalue weighted by Crippen LogP contribution is -2.07. The van der Waals surface area contributed by atoms with Crippen molar-refractivity contribution in [3.8, 4) is 0 Å². The normalized spacial score (nSPS) is 11.4. The minimum absolute atomic E-state index is 0.00533. The molecule has 0 saturated heterocycles. The monoisotopic (exact) mass is 287 g/mol. The lowest BCUT2D eigenvalue weighted by atomic mass is 10.2. The zero-order valence-electron chi connectivity index (χ0n) is 9.58. The Balaban J connectivity index is 2.10. The zero-order chi connectivity index (χ0) is 13.9. The molecular weight excluding hydrogens is 279 g/mol. The molecule has 1 N–H and O–H groups in total. The molecule has 0 unspecified atom stereocenters. The van der Waals surface area contributed by atoms with Crippen LogP contribution in [0.25, 0.3) is 0 Å². The van der Waals surface area contributed by atoms with E-state index in [0.717, 1.165) is 12.1 Å². The van der Waals surface area contributed by atoms with Gasteiger partial charge in [0.05, 0.1) is 22.8 Å². The van der Waals surface area contributed by atoms with E-state index in [4.69, 9.17) is 11.6 Å². The highest BCUT2D eigenvalue weighted by Crippen LogP contribution is 2.33. The molecule has 1 aromatic carbocycles. The van der Waals surface area contributed by atoms with Gasteiger partial charge < -0.3 is 5.32 Å². The first-order chi connectivity index (χ1) is 8.97. The van der Waals surface area contributed by atoms with Crippen molar-refractivity contribution in [2.45, 2.75) is 12.7 Å². The molecule has 0 atom stereocenters. The first kappa shape index (κ1) is 13.6. The minimum Gasteiger partial charge on any atom is -0.377 e. The Morgan fingerprint density at radius 1 is 1.16 bits per heavy atom. The summed E-state index contributed by atoms with van der Waals surface area (Å²) in [6, 6.07) is 4.82. The van der Waals surface area contributed by atoms with Crippen LogP contribution in [0.15, 0.2) is 36.7 Å². The maximum Gasteiger partial charge on any atom is 0.416 e. The zero-order valence-corrected chi connectivity index (χ0v) is 10.3. The molecule has 3 nitrogen and oxygen atoms in total. The second kappa shape index (κ2) is 5.44. The predicted molar refractivity (Wildman–Crippen MR) is 65.8 cm³/mol. The standard InChI is InChI=1S/C12H9ClF3N3/c13-9-6-8(12(14,15)16)2-3-10(9)19-7-11-17-4-1-5-18-11/h1-6,19H,7H2. The molecule has 2 rings (SSSR count). The van der Waals surface area contributed by atoms with Gasteiger partial charge in [-0.25, -0.2) is 9.97 Å². The van der Waals surface area contributed by atoms with Crippen molar-refractivity contribution in [2.75, 3.05) is 5.32 Å². The maximum absolute atomic E-state index is 12.5. The van der Waals surface area contributed by atoms with Crippen LogP contribution < -0.4 is 5.32 Å². The molecular formula is C12H9ClF3N3. The molecule has 0 aliphatic carbocycles. The van der Waals surface area contributed by atoms with Gasteiger partial charge in [-0.05, 0) is 24.3 Å². The Morgan fingerprint density at radius 2 is 1.84 bits per heavy atom. The molecule has 0 aliphatic rings. The van der Waals surface area contributed by atoms with Gasteiger partial charge in [0.2, 0.25) is 0 Å². The molecule has 0 fully saturated rings. The topological polar surface area (TPSA) is 37.8 Å². The molecule has 0 bridgehead atoms. The van der Waals surface area contributed by atoms with Crippen LogP contribution in [0.1, 0.15) is 11.4 Å². The van der Waals surface area contributed by atoms with Crippen molar-refractivity contribution in [1.29, 1.82) is 0 Å². The summed E-state index contributed by atoms with van der Waals surface area (Å²) in [5, 5.41) is 2.89. The second-order valence-corrected chi connectivity index (χ2v) is 4.12. The largest absolute Gasteiger partial charge is 0.416 e. The number of aromatic nitrogens is 2. The highest BCUT2D eigenvalue weighted by atomic mass is 35.5. The third-order valence-corrected chi connectivity index (χ3v) is 2.67. The molecule has 2 aromatic rings. The van der Waals surface area contributed by atoms with Gasteiger partial charge in [-0.2, -0.15) is 13.2 Å². The van der Waals surface area contributed by atoms with Crippen LogP contribution in [-0.4, -0.2) is 9.97 Å². The predicted octanol–water partition coefficient (Wildman–Crippen LogP) is 3.76. The first-order valence-electron chi connectivity index (χ1n) is 5.33. The number of hydrogen-bond acceptors (Lipinski definition) is 3. The number of nitrogens with zero attached hydrogens (tertiary/aromatic N) is 2. The smallest absolute Gasteiger partial charge is 0.377 e. The van der Waals surface area contributed by atoms with Gasteiger partial charge in [-0.15, -0.1) is 0 Å². The molecule has 1 aromatic heterocycles. The number of rotatable bonds is 3. The highest BCUT2D eigenvalue weighted by molar-refractivity contribution is 6.33. The van der Waals surface area contributed by atoms with E-state index in [1.807, 2.05) is 0 Å². The molecule has 0 saturated carbocycles. The van der Waals surface area contributed by atoms with Crippen LogP contribution in [-0.2, 0) is 12.7 Å². The van der Waals surface area contributed by atoms with Gasteiger partial charge in [0, 0.05) is 12.4 Å². The van der Waals surface area contributed by atoms with Gasteiger partial charge in [-0.1, -0.05) is 11.6 Å². The summed E-state index contributed by atoms with van der Waals surface area (Å²) in [7, 11) is 0.